The van der Waals surface area contributed by atoms with Crippen molar-refractivity contribution < 1.29 is 4.79 Å². The number of carbonyl (C=O) groups excluding carboxylic acids is 1. The number of likely N-dealkylation sites (tertiary alicyclic amines) is 1. The van der Waals surface area contributed by atoms with E-state index >= 15 is 0 Å². The van der Waals surface area contributed by atoms with Gasteiger partial charge in [0.05, 0.1) is 0 Å². The summed E-state index contributed by atoms with van der Waals surface area (Å²) >= 11 is 1.75. The van der Waals surface area contributed by atoms with Crippen LogP contribution in [0.25, 0.3) is 0 Å². The number of carbonyl (C=O) groups is 1. The highest BCUT2D eigenvalue weighted by atomic mass is 32.2. The number of nitrogens with zero attached hydrogens (tertiary/aromatic N) is 1. The minimum Gasteiger partial charge on any atom is -0.339 e. The van der Waals surface area contributed by atoms with E-state index < -0.39 is 0 Å². The molecule has 138 valence electrons. The lowest BCUT2D eigenvalue weighted by molar-refractivity contribution is -0.127. The standard InChI is InChI=1S/C13H23NO.C5H12.C2H6S/c1-4-11(3)10-12-6-8-14(9-7-12)13(15)5-2;1-5(2,3)4;1-3-2/h5,11-12H,2,4,6-10H2,1,3H3;1-4H3;1-2H3. The molecule has 0 bridgehead atoms. The molecule has 2 nitrogen and oxygen atoms in total. The Morgan fingerprint density at radius 1 is 1.26 bits per heavy atom. The van der Waals surface area contributed by atoms with E-state index in [0.717, 1.165) is 24.9 Å². The number of rotatable bonds is 4. The highest BCUT2D eigenvalue weighted by Gasteiger charge is 2.22. The van der Waals surface area contributed by atoms with Crippen LogP contribution in [-0.2, 0) is 4.79 Å². The first-order valence-electron chi connectivity index (χ1n) is 8.90. The van der Waals surface area contributed by atoms with Crippen LogP contribution >= 0.6 is 11.8 Å². The summed E-state index contributed by atoms with van der Waals surface area (Å²) in [6.45, 7) is 18.7. The minimum absolute atomic E-state index is 0.0944. The molecule has 1 amide bonds. The van der Waals surface area contributed by atoms with E-state index in [1.807, 2.05) is 17.4 Å². The predicted molar refractivity (Wildman–Crippen MR) is 108 cm³/mol. The molecule has 1 aliphatic heterocycles. The van der Waals surface area contributed by atoms with Crippen molar-refractivity contribution in [1.29, 1.82) is 0 Å². The maximum atomic E-state index is 11.4. The van der Waals surface area contributed by atoms with Crippen molar-refractivity contribution in [3.8, 4) is 0 Å². The normalized spacial score (nSPS) is 16.4. The Morgan fingerprint density at radius 3 is 1.96 bits per heavy atom. The van der Waals surface area contributed by atoms with Crippen LogP contribution in [0.3, 0.4) is 0 Å². The summed E-state index contributed by atoms with van der Waals surface area (Å²) in [6.07, 6.45) is 10.4. The second-order valence-electron chi connectivity index (χ2n) is 8.13. The van der Waals surface area contributed by atoms with E-state index in [4.69, 9.17) is 0 Å². The summed E-state index contributed by atoms with van der Waals surface area (Å²) in [4.78, 5) is 13.3. The van der Waals surface area contributed by atoms with Crippen LogP contribution in [0, 0.1) is 17.3 Å². The van der Waals surface area contributed by atoms with Gasteiger partial charge in [-0.25, -0.2) is 0 Å². The van der Waals surface area contributed by atoms with Crippen LogP contribution in [0.1, 0.15) is 67.2 Å². The molecule has 1 rings (SSSR count). The van der Waals surface area contributed by atoms with E-state index in [1.54, 1.807) is 11.8 Å². The molecule has 0 aromatic heterocycles. The molecule has 0 radical (unpaired) electrons. The van der Waals surface area contributed by atoms with Crippen LogP contribution in [0.2, 0.25) is 0 Å². The zero-order valence-corrected chi connectivity index (χ0v) is 17.8. The van der Waals surface area contributed by atoms with E-state index in [-0.39, 0.29) is 5.91 Å². The largest absolute Gasteiger partial charge is 0.339 e. The maximum Gasteiger partial charge on any atom is 0.245 e. The van der Waals surface area contributed by atoms with Gasteiger partial charge >= 0.3 is 0 Å². The van der Waals surface area contributed by atoms with Gasteiger partial charge in [-0.3, -0.25) is 4.79 Å². The fourth-order valence-corrected chi connectivity index (χ4v) is 2.25. The first kappa shape index (κ1) is 24.8. The fourth-order valence-electron chi connectivity index (χ4n) is 2.25. The summed E-state index contributed by atoms with van der Waals surface area (Å²) < 4.78 is 0. The maximum absolute atomic E-state index is 11.4. The lowest BCUT2D eigenvalue weighted by Gasteiger charge is -2.32. The van der Waals surface area contributed by atoms with E-state index in [1.165, 1.54) is 31.8 Å². The predicted octanol–water partition coefficient (Wildman–Crippen LogP) is 5.88. The van der Waals surface area contributed by atoms with E-state index in [0.29, 0.717) is 5.41 Å². The number of thioether (sulfide) groups is 1. The van der Waals surface area contributed by atoms with Gasteiger partial charge in [-0.15, -0.1) is 0 Å². The van der Waals surface area contributed by atoms with Crippen LogP contribution < -0.4 is 0 Å². The molecule has 1 fully saturated rings. The Hall–Kier alpha value is -0.440. The second kappa shape index (κ2) is 13.9. The lowest BCUT2D eigenvalue weighted by Crippen LogP contribution is -2.37. The number of amides is 1. The van der Waals surface area contributed by atoms with Gasteiger partial charge < -0.3 is 4.90 Å². The van der Waals surface area contributed by atoms with E-state index in [9.17, 15) is 4.79 Å². The molecule has 3 heteroatoms. The van der Waals surface area contributed by atoms with Crippen LogP contribution in [0.5, 0.6) is 0 Å². The molecule has 23 heavy (non-hydrogen) atoms. The molecular formula is C20H41NOS. The Labute approximate surface area is 150 Å². The smallest absolute Gasteiger partial charge is 0.245 e. The Morgan fingerprint density at radius 2 is 1.65 bits per heavy atom. The summed E-state index contributed by atoms with van der Waals surface area (Å²) in [5.41, 5.74) is 0.500. The molecule has 0 aromatic rings. The molecule has 1 saturated heterocycles. The van der Waals surface area contributed by atoms with Gasteiger partial charge in [-0.05, 0) is 55.1 Å². The van der Waals surface area contributed by atoms with Gasteiger partial charge in [-0.1, -0.05) is 54.5 Å². The average molecular weight is 344 g/mol. The van der Waals surface area contributed by atoms with E-state index in [2.05, 4.69) is 48.1 Å². The highest BCUT2D eigenvalue weighted by molar-refractivity contribution is 7.97. The Kier molecular flexibility index (Phi) is 15.0. The monoisotopic (exact) mass is 343 g/mol. The van der Waals surface area contributed by atoms with Gasteiger partial charge in [0.15, 0.2) is 0 Å². The first-order chi connectivity index (χ1) is 10.6. The van der Waals surface area contributed by atoms with Crippen molar-refractivity contribution in [2.75, 3.05) is 25.6 Å². The third kappa shape index (κ3) is 17.7. The van der Waals surface area contributed by atoms with Gasteiger partial charge in [0.25, 0.3) is 0 Å². The fraction of sp³-hybridized carbons (Fsp3) is 0.850. The molecule has 0 N–H and O–H groups in total. The summed E-state index contributed by atoms with van der Waals surface area (Å²) in [6, 6.07) is 0. The zero-order valence-electron chi connectivity index (χ0n) is 16.9. The highest BCUT2D eigenvalue weighted by Crippen LogP contribution is 2.25. The minimum atomic E-state index is 0.0944. The second-order valence-corrected chi connectivity index (χ2v) is 8.95. The number of piperidine rings is 1. The van der Waals surface area contributed by atoms with Gasteiger partial charge in [-0.2, -0.15) is 11.8 Å². The molecule has 1 unspecified atom stereocenters. The van der Waals surface area contributed by atoms with Gasteiger partial charge in [0, 0.05) is 13.1 Å². The van der Waals surface area contributed by atoms with Crippen LogP contribution in [0.4, 0.5) is 0 Å². The molecule has 0 aromatic carbocycles. The molecule has 0 saturated carbocycles. The number of hydrogen-bond acceptors (Lipinski definition) is 2. The van der Waals surface area contributed by atoms with Crippen LogP contribution in [0.15, 0.2) is 12.7 Å². The SMILES string of the molecule is C=CC(=O)N1CCC(CC(C)CC)CC1.CC(C)(C)C.CSC. The molecule has 0 spiro atoms. The van der Waals surface area contributed by atoms with Crippen molar-refractivity contribution in [2.24, 2.45) is 17.3 Å². The molecular weight excluding hydrogens is 302 g/mol. The number of hydrogen-bond donors (Lipinski definition) is 0. The molecule has 1 atom stereocenters. The summed E-state index contributed by atoms with van der Waals surface area (Å²) in [5, 5.41) is 0. The Balaban J connectivity index is 0. The van der Waals surface area contributed by atoms with Gasteiger partial charge in [0.1, 0.15) is 0 Å². The van der Waals surface area contributed by atoms with Crippen LogP contribution in [-0.4, -0.2) is 36.4 Å². The molecule has 1 heterocycles. The summed E-state index contributed by atoms with van der Waals surface area (Å²) in [5.74, 6) is 1.75. The van der Waals surface area contributed by atoms with Crippen molar-refractivity contribution in [3.05, 3.63) is 12.7 Å². The zero-order chi connectivity index (χ0) is 18.5. The quantitative estimate of drug-likeness (QED) is 0.594. The van der Waals surface area contributed by atoms with Crippen molar-refractivity contribution >= 4 is 17.7 Å². The Bertz CT molecular complexity index is 295. The average Bonchev–Trinajstić information content (AvgIpc) is 2.46. The molecule has 0 aliphatic carbocycles. The molecule has 1 aliphatic rings. The third-order valence-corrected chi connectivity index (χ3v) is 3.53. The van der Waals surface area contributed by atoms with Crippen molar-refractivity contribution in [3.63, 3.8) is 0 Å². The van der Waals surface area contributed by atoms with Crippen molar-refractivity contribution in [2.45, 2.75) is 67.2 Å². The van der Waals surface area contributed by atoms with Gasteiger partial charge in [0.2, 0.25) is 5.91 Å². The topological polar surface area (TPSA) is 20.3 Å². The lowest BCUT2D eigenvalue weighted by atomic mass is 9.87. The first-order valence-corrected chi connectivity index (χ1v) is 10.5. The van der Waals surface area contributed by atoms with Crippen molar-refractivity contribution in [1.82, 2.24) is 4.90 Å². The third-order valence-electron chi connectivity index (χ3n) is 3.53. The summed E-state index contributed by atoms with van der Waals surface area (Å²) in [7, 11) is 0.